The molecule has 3 aliphatic heterocycles. The summed E-state index contributed by atoms with van der Waals surface area (Å²) < 4.78 is 21.6. The van der Waals surface area contributed by atoms with Crippen LogP contribution < -0.4 is 32.7 Å². The molecule has 0 saturated carbocycles. The zero-order valence-electron chi connectivity index (χ0n) is 68.1. The predicted molar refractivity (Wildman–Crippen MR) is 458 cm³/mol. The number of carbonyl (C=O) groups excluding carboxylic acids is 11. The SMILES string of the molecule is CC(=O)S[C@H](C(=O)CCCCC[C@H](NC(=O)OC(C)(C)C)C(=O)N1CCSC1)[C@@H](Cc1ccccc1)NC(=O)OC(C)(C)C.CC(C)(C)OC(=O)N[C@@H](CCCCCC(=O)[C@@H](S)[C@@H](Cc1ccccc1)NC(=O)OC(C)(C)C)C(=O)N1CCSC1.N[C@H](Cc1ccccc1)[C@H](S)C(=O)CCCCC[C@H](N)C(=O)N1CCSC1. The number of thiol groups is 2. The minimum atomic E-state index is -0.795. The monoisotopic (exact) mass is 1670 g/mol. The Morgan fingerprint density at radius 1 is 0.420 bits per heavy atom. The standard InChI is InChI=1S/C32H49N3O7S2.C30H47N3O6S2.C20H31N3O2S2/c1-22(36)44-27(25(20-23-14-10-8-11-15-23)34-30(40)42-32(5,6)7)26(37)17-13-9-12-16-24(28(38)35-18-19-43-21-35)33-29(39)41-31(2,3)4;1-29(2,3)38-27(36)31-22(26(35)33-17-18-41-20-33)15-11-8-12-16-24(34)25(40)23(19-21-13-9-7-10-14-21)32-28(37)39-30(4,5)6;21-16(20(25)23-11-12-27-14-23)9-5-2-6-10-18(24)19(26)17(22)13-15-7-3-1-4-8-15/h8,10-11,14-15,24-25,27H,9,12-13,16-21H2,1-7H3,(H,33,39)(H,34,40);7,9-10,13-14,22-23,25,40H,8,11-12,15-20H2,1-6H3,(H,31,36)(H,32,37);1,3-4,7-8,16-17,19,26H,2,5-6,9-14,21-22H2/t24-,25+,27-;22-,23+,25-;16-,17+,19-/m000/s1. The maximum atomic E-state index is 13.5. The van der Waals surface area contributed by atoms with Crippen LogP contribution in [0.3, 0.4) is 0 Å². The first-order valence-electron chi connectivity index (χ1n) is 39.0. The Hall–Kier alpha value is -6.15. The minimum absolute atomic E-state index is 0.0541. The number of Topliss-reactive ketones (excluding diaryl/α,β-unsaturated/α-hetero) is 3. The second kappa shape index (κ2) is 50.4. The number of unbranched alkanes of at least 4 members (excludes halogenated alkanes) is 6. The topological polar surface area (TPSA) is 335 Å². The van der Waals surface area contributed by atoms with Crippen LogP contribution in [0.4, 0.5) is 19.2 Å². The molecular formula is C82H127N9O15S6. The number of nitrogens with two attached hydrogens (primary N) is 2. The van der Waals surface area contributed by atoms with E-state index in [0.717, 1.165) is 77.4 Å². The van der Waals surface area contributed by atoms with E-state index < -0.39 is 92.7 Å². The van der Waals surface area contributed by atoms with Crippen LogP contribution in [-0.2, 0) is 71.8 Å². The van der Waals surface area contributed by atoms with Gasteiger partial charge in [0.2, 0.25) is 17.7 Å². The van der Waals surface area contributed by atoms with Gasteiger partial charge >= 0.3 is 24.4 Å². The predicted octanol–water partition coefficient (Wildman–Crippen LogP) is 13.3. The fourth-order valence-corrected chi connectivity index (χ4v) is 16.4. The summed E-state index contributed by atoms with van der Waals surface area (Å²) in [6.45, 7) is 24.8. The van der Waals surface area contributed by atoms with E-state index in [0.29, 0.717) is 108 Å². The lowest BCUT2D eigenvalue weighted by Crippen LogP contribution is -2.49. The van der Waals surface area contributed by atoms with Gasteiger partial charge in [0.05, 0.1) is 51.5 Å². The molecule has 0 unspecified atom stereocenters. The van der Waals surface area contributed by atoms with Gasteiger partial charge in [-0.2, -0.15) is 25.3 Å². The van der Waals surface area contributed by atoms with E-state index in [4.69, 9.17) is 30.4 Å². The fourth-order valence-electron chi connectivity index (χ4n) is 12.0. The number of benzene rings is 3. The van der Waals surface area contributed by atoms with Crippen molar-refractivity contribution in [1.82, 2.24) is 36.0 Å². The highest BCUT2D eigenvalue weighted by molar-refractivity contribution is 8.14. The van der Waals surface area contributed by atoms with Crippen molar-refractivity contribution in [3.05, 3.63) is 108 Å². The van der Waals surface area contributed by atoms with Crippen molar-refractivity contribution in [1.29, 1.82) is 0 Å². The van der Waals surface area contributed by atoms with Crippen molar-refractivity contribution >= 4 is 137 Å². The molecule has 3 aromatic rings. The average Bonchev–Trinajstić information content (AvgIpc) is 1.21. The molecular weight excluding hydrogens is 1540 g/mol. The molecule has 6 rings (SSSR count). The molecule has 0 aromatic heterocycles. The van der Waals surface area contributed by atoms with E-state index in [1.165, 1.54) is 6.92 Å². The number of nitrogens with one attached hydrogen (secondary N) is 4. The third kappa shape index (κ3) is 41.4. The molecule has 8 N–H and O–H groups in total. The van der Waals surface area contributed by atoms with Crippen LogP contribution in [-0.4, -0.2) is 208 Å². The molecule has 626 valence electrons. The Bertz CT molecular complexity index is 3400. The van der Waals surface area contributed by atoms with Crippen LogP contribution in [0.15, 0.2) is 91.0 Å². The van der Waals surface area contributed by atoms with Gasteiger partial charge in [0.25, 0.3) is 0 Å². The summed E-state index contributed by atoms with van der Waals surface area (Å²) in [4.78, 5) is 145. The molecule has 7 amide bonds. The Balaban J connectivity index is 0.000000364. The normalized spacial score (nSPS) is 16.2. The highest BCUT2D eigenvalue weighted by Gasteiger charge is 2.36. The summed E-state index contributed by atoms with van der Waals surface area (Å²) in [5.41, 5.74) is 12.4. The Kier molecular flexibility index (Phi) is 44.2. The van der Waals surface area contributed by atoms with Crippen molar-refractivity contribution < 1.29 is 71.7 Å². The molecule has 30 heteroatoms. The molecule has 3 heterocycles. The highest BCUT2D eigenvalue weighted by atomic mass is 32.2. The van der Waals surface area contributed by atoms with Gasteiger partial charge in [-0.1, -0.05) is 141 Å². The van der Waals surface area contributed by atoms with Crippen molar-refractivity contribution in [2.45, 2.75) is 280 Å². The molecule has 0 aliphatic carbocycles. The molecule has 112 heavy (non-hydrogen) atoms. The van der Waals surface area contributed by atoms with Gasteiger partial charge in [-0.15, -0.1) is 35.3 Å². The quantitative estimate of drug-likeness (QED) is 0.0150. The molecule has 3 saturated heterocycles. The second-order valence-corrected chi connectivity index (χ2v) is 37.9. The lowest BCUT2D eigenvalue weighted by atomic mass is 9.97. The first-order valence-corrected chi connectivity index (χ1v) is 44.4. The second-order valence-electron chi connectivity index (χ2n) is 32.3. The van der Waals surface area contributed by atoms with Crippen LogP contribution >= 0.6 is 72.3 Å². The van der Waals surface area contributed by atoms with Crippen LogP contribution in [0.25, 0.3) is 0 Å². The van der Waals surface area contributed by atoms with Crippen molar-refractivity contribution in [3.8, 4) is 0 Å². The first-order chi connectivity index (χ1) is 52.7. The van der Waals surface area contributed by atoms with Gasteiger partial charge in [-0.25, -0.2) is 19.2 Å². The number of ketones is 3. The van der Waals surface area contributed by atoms with Gasteiger partial charge in [0.1, 0.15) is 51.8 Å². The number of rotatable bonds is 38. The maximum Gasteiger partial charge on any atom is 0.408 e. The third-order valence-electron chi connectivity index (χ3n) is 17.5. The van der Waals surface area contributed by atoms with Crippen molar-refractivity contribution in [2.75, 3.05) is 54.5 Å². The largest absolute Gasteiger partial charge is 0.444 e. The van der Waals surface area contributed by atoms with Gasteiger partial charge in [0.15, 0.2) is 5.12 Å². The summed E-state index contributed by atoms with van der Waals surface area (Å²) in [5.74, 6) is 4.40. The number of ether oxygens (including phenoxy) is 4. The zero-order valence-corrected chi connectivity index (χ0v) is 73.2. The molecule has 0 bridgehead atoms. The van der Waals surface area contributed by atoms with Crippen molar-refractivity contribution in [2.24, 2.45) is 11.5 Å². The summed E-state index contributed by atoms with van der Waals surface area (Å²) in [6, 6.07) is 25.7. The minimum Gasteiger partial charge on any atom is -0.444 e. The number of alkyl carbamates (subject to hydrolysis) is 4. The van der Waals surface area contributed by atoms with Gasteiger partial charge in [-0.3, -0.25) is 33.6 Å². The Labute approximate surface area is 693 Å². The number of nitrogens with zero attached hydrogens (tertiary/aromatic N) is 3. The number of carbonyl (C=O) groups is 11. The van der Waals surface area contributed by atoms with E-state index in [9.17, 15) is 52.7 Å². The lowest BCUT2D eigenvalue weighted by molar-refractivity contribution is -0.132. The van der Waals surface area contributed by atoms with E-state index in [1.807, 2.05) is 95.9 Å². The summed E-state index contributed by atoms with van der Waals surface area (Å²) >= 11 is 15.1. The van der Waals surface area contributed by atoms with Crippen LogP contribution in [0.1, 0.15) is 203 Å². The van der Waals surface area contributed by atoms with E-state index in [1.54, 1.807) is 128 Å². The molecule has 3 aliphatic rings. The van der Waals surface area contributed by atoms with Crippen LogP contribution in [0.2, 0.25) is 0 Å². The molecule has 0 spiro atoms. The van der Waals surface area contributed by atoms with Crippen LogP contribution in [0.5, 0.6) is 0 Å². The number of hydrogen-bond donors (Lipinski definition) is 8. The smallest absolute Gasteiger partial charge is 0.408 e. The number of hydrogen-bond acceptors (Lipinski definition) is 23. The van der Waals surface area contributed by atoms with Gasteiger partial charge < -0.3 is 66.4 Å². The van der Waals surface area contributed by atoms with Crippen molar-refractivity contribution in [3.63, 3.8) is 0 Å². The van der Waals surface area contributed by atoms with Gasteiger partial charge in [0, 0.05) is 69.1 Å². The molecule has 24 nitrogen and oxygen atoms in total. The summed E-state index contributed by atoms with van der Waals surface area (Å²) in [7, 11) is 0. The fraction of sp³-hybridized carbons (Fsp3) is 0.646. The highest BCUT2D eigenvalue weighted by Crippen LogP contribution is 2.27. The molecule has 9 atom stereocenters. The van der Waals surface area contributed by atoms with E-state index in [2.05, 4.69) is 46.5 Å². The Morgan fingerprint density at radius 2 is 0.741 bits per heavy atom. The number of thioether (sulfide) groups is 4. The molecule has 3 aromatic carbocycles. The number of amides is 7. The van der Waals surface area contributed by atoms with Crippen LogP contribution in [0, 0.1) is 0 Å². The van der Waals surface area contributed by atoms with E-state index >= 15 is 0 Å². The molecule has 3 fully saturated rings. The lowest BCUT2D eigenvalue weighted by Gasteiger charge is -2.28. The maximum absolute atomic E-state index is 13.5. The third-order valence-corrected chi connectivity index (χ3v) is 22.9. The molecule has 0 radical (unpaired) electrons. The van der Waals surface area contributed by atoms with Gasteiger partial charge in [-0.05, 0) is 158 Å². The summed E-state index contributed by atoms with van der Waals surface area (Å²) in [5, 5.41) is 9.01. The Morgan fingerprint density at radius 3 is 1.10 bits per heavy atom. The van der Waals surface area contributed by atoms with E-state index in [-0.39, 0.29) is 59.1 Å². The first kappa shape index (κ1) is 98.2. The zero-order chi connectivity index (χ0) is 83.2. The summed E-state index contributed by atoms with van der Waals surface area (Å²) in [6.07, 6.45) is 7.72. The average molecular weight is 1670 g/mol.